The molecule has 4 heteroatoms. The van der Waals surface area contributed by atoms with Crippen molar-refractivity contribution in [3.05, 3.63) is 35.9 Å². The molecule has 0 aromatic heterocycles. The van der Waals surface area contributed by atoms with Crippen LogP contribution in [0.15, 0.2) is 30.3 Å². The second kappa shape index (κ2) is 7.41. The van der Waals surface area contributed by atoms with Crippen LogP contribution in [-0.2, 0) is 11.3 Å². The molecule has 110 valence electrons. The van der Waals surface area contributed by atoms with Crippen molar-refractivity contribution in [3.63, 3.8) is 0 Å². The highest BCUT2D eigenvalue weighted by Gasteiger charge is 2.19. The van der Waals surface area contributed by atoms with Crippen molar-refractivity contribution in [1.82, 2.24) is 14.7 Å². The predicted molar refractivity (Wildman–Crippen MR) is 81.5 cm³/mol. The molecule has 1 fully saturated rings. The van der Waals surface area contributed by atoms with Gasteiger partial charge in [0, 0.05) is 46.3 Å². The molecule has 4 nitrogen and oxygen atoms in total. The molecule has 1 aromatic carbocycles. The number of hydrogen-bond acceptors (Lipinski definition) is 3. The van der Waals surface area contributed by atoms with E-state index in [2.05, 4.69) is 40.1 Å². The fourth-order valence-corrected chi connectivity index (χ4v) is 2.44. The lowest BCUT2D eigenvalue weighted by atomic mass is 10.2. The second-order valence-corrected chi connectivity index (χ2v) is 5.45. The lowest BCUT2D eigenvalue weighted by Gasteiger charge is -2.34. The lowest BCUT2D eigenvalue weighted by molar-refractivity contribution is -0.131. The second-order valence-electron chi connectivity index (χ2n) is 5.45. The van der Waals surface area contributed by atoms with E-state index in [1.165, 1.54) is 5.56 Å². The Morgan fingerprint density at radius 3 is 2.30 bits per heavy atom. The highest BCUT2D eigenvalue weighted by molar-refractivity contribution is 5.77. The van der Waals surface area contributed by atoms with Crippen LogP contribution in [0.5, 0.6) is 0 Å². The van der Waals surface area contributed by atoms with Crippen molar-refractivity contribution in [2.45, 2.75) is 13.5 Å². The summed E-state index contributed by atoms with van der Waals surface area (Å²) in [5.41, 5.74) is 1.36. The molecule has 0 aliphatic carbocycles. The summed E-state index contributed by atoms with van der Waals surface area (Å²) in [5, 5.41) is 0. The van der Waals surface area contributed by atoms with Crippen LogP contribution in [0.2, 0.25) is 0 Å². The molecule has 0 saturated carbocycles. The molecule has 0 N–H and O–H groups in total. The van der Waals surface area contributed by atoms with Crippen molar-refractivity contribution < 1.29 is 4.79 Å². The maximum absolute atomic E-state index is 11.9. The van der Waals surface area contributed by atoms with Gasteiger partial charge in [0.2, 0.25) is 5.91 Å². The summed E-state index contributed by atoms with van der Waals surface area (Å²) in [5.74, 6) is 0.226. The zero-order valence-corrected chi connectivity index (χ0v) is 12.6. The normalized spacial score (nSPS) is 17.1. The summed E-state index contributed by atoms with van der Waals surface area (Å²) in [4.78, 5) is 18.4. The van der Waals surface area contributed by atoms with Gasteiger partial charge in [-0.05, 0) is 12.5 Å². The molecule has 0 radical (unpaired) electrons. The molecule has 0 bridgehead atoms. The number of hydrogen-bond donors (Lipinski definition) is 0. The van der Waals surface area contributed by atoms with E-state index in [0.29, 0.717) is 6.54 Å². The van der Waals surface area contributed by atoms with Crippen LogP contribution >= 0.6 is 0 Å². The van der Waals surface area contributed by atoms with Gasteiger partial charge in [-0.3, -0.25) is 14.6 Å². The van der Waals surface area contributed by atoms with E-state index in [-0.39, 0.29) is 5.91 Å². The van der Waals surface area contributed by atoms with Gasteiger partial charge in [0.15, 0.2) is 0 Å². The minimum absolute atomic E-state index is 0.226. The van der Waals surface area contributed by atoms with Crippen LogP contribution < -0.4 is 0 Å². The van der Waals surface area contributed by atoms with Gasteiger partial charge in [0.1, 0.15) is 0 Å². The van der Waals surface area contributed by atoms with Gasteiger partial charge < -0.3 is 4.90 Å². The first kappa shape index (κ1) is 15.0. The number of carbonyl (C=O) groups is 1. The largest absolute Gasteiger partial charge is 0.345 e. The van der Waals surface area contributed by atoms with Crippen molar-refractivity contribution >= 4 is 5.91 Å². The third-order valence-electron chi connectivity index (χ3n) is 3.97. The number of carbonyl (C=O) groups excluding carboxylic acids is 1. The van der Waals surface area contributed by atoms with E-state index in [0.717, 1.165) is 39.3 Å². The van der Waals surface area contributed by atoms with Gasteiger partial charge >= 0.3 is 0 Å². The summed E-state index contributed by atoms with van der Waals surface area (Å²) in [6.07, 6.45) is 0. The van der Waals surface area contributed by atoms with Gasteiger partial charge in [0.05, 0.1) is 6.54 Å². The van der Waals surface area contributed by atoms with Crippen molar-refractivity contribution in [2.75, 3.05) is 46.3 Å². The number of piperazine rings is 1. The van der Waals surface area contributed by atoms with E-state index >= 15 is 0 Å². The van der Waals surface area contributed by atoms with Crippen molar-refractivity contribution in [1.29, 1.82) is 0 Å². The fraction of sp³-hybridized carbons (Fsp3) is 0.562. The van der Waals surface area contributed by atoms with Gasteiger partial charge in [-0.15, -0.1) is 0 Å². The van der Waals surface area contributed by atoms with Gasteiger partial charge in [-0.1, -0.05) is 30.3 Å². The fourth-order valence-electron chi connectivity index (χ4n) is 2.44. The average Bonchev–Trinajstić information content (AvgIpc) is 2.49. The summed E-state index contributed by atoms with van der Waals surface area (Å²) < 4.78 is 0. The highest BCUT2D eigenvalue weighted by Crippen LogP contribution is 2.08. The molecule has 0 unspecified atom stereocenters. The van der Waals surface area contributed by atoms with E-state index in [4.69, 9.17) is 0 Å². The molecular formula is C16H25N3O. The smallest absolute Gasteiger partial charge is 0.236 e. The summed E-state index contributed by atoms with van der Waals surface area (Å²) in [6, 6.07) is 10.6. The first-order valence-electron chi connectivity index (χ1n) is 7.41. The van der Waals surface area contributed by atoms with Gasteiger partial charge in [-0.25, -0.2) is 0 Å². The Bertz CT molecular complexity index is 413. The van der Waals surface area contributed by atoms with E-state index in [1.54, 1.807) is 4.90 Å². The number of rotatable bonds is 5. The zero-order chi connectivity index (χ0) is 14.4. The Balaban J connectivity index is 1.74. The summed E-state index contributed by atoms with van der Waals surface area (Å²) >= 11 is 0. The van der Waals surface area contributed by atoms with E-state index in [1.807, 2.05) is 14.0 Å². The minimum Gasteiger partial charge on any atom is -0.345 e. The Morgan fingerprint density at radius 1 is 1.10 bits per heavy atom. The SMILES string of the molecule is CCN(C)C(=O)CN1CCN(Cc2ccccc2)CC1. The summed E-state index contributed by atoms with van der Waals surface area (Å²) in [7, 11) is 1.87. The molecule has 1 amide bonds. The topological polar surface area (TPSA) is 26.8 Å². The third kappa shape index (κ3) is 4.32. The maximum Gasteiger partial charge on any atom is 0.236 e. The maximum atomic E-state index is 11.9. The average molecular weight is 275 g/mol. The van der Waals surface area contributed by atoms with Crippen LogP contribution in [0.3, 0.4) is 0 Å². The Kier molecular flexibility index (Phi) is 5.56. The van der Waals surface area contributed by atoms with Crippen LogP contribution in [-0.4, -0.2) is 66.9 Å². The molecule has 0 atom stereocenters. The Hall–Kier alpha value is -1.39. The lowest BCUT2D eigenvalue weighted by Crippen LogP contribution is -2.49. The van der Waals surface area contributed by atoms with Crippen molar-refractivity contribution in [3.8, 4) is 0 Å². The predicted octanol–water partition coefficient (Wildman–Crippen LogP) is 1.28. The molecule has 1 aliphatic heterocycles. The first-order valence-corrected chi connectivity index (χ1v) is 7.41. The quantitative estimate of drug-likeness (QED) is 0.810. The Labute approximate surface area is 122 Å². The van der Waals surface area contributed by atoms with Crippen LogP contribution in [0.25, 0.3) is 0 Å². The van der Waals surface area contributed by atoms with E-state index < -0.39 is 0 Å². The van der Waals surface area contributed by atoms with Gasteiger partial charge in [-0.2, -0.15) is 0 Å². The van der Waals surface area contributed by atoms with E-state index in [9.17, 15) is 4.79 Å². The number of likely N-dealkylation sites (N-methyl/N-ethyl adjacent to an activating group) is 1. The first-order chi connectivity index (χ1) is 9.69. The van der Waals surface area contributed by atoms with Crippen LogP contribution in [0.4, 0.5) is 0 Å². The summed E-state index contributed by atoms with van der Waals surface area (Å²) in [6.45, 7) is 8.41. The molecule has 2 rings (SSSR count). The van der Waals surface area contributed by atoms with Crippen LogP contribution in [0, 0.1) is 0 Å². The zero-order valence-electron chi connectivity index (χ0n) is 12.6. The molecule has 1 saturated heterocycles. The molecule has 1 heterocycles. The number of nitrogens with zero attached hydrogens (tertiary/aromatic N) is 3. The number of benzene rings is 1. The number of amides is 1. The molecule has 1 aliphatic rings. The van der Waals surface area contributed by atoms with Crippen LogP contribution in [0.1, 0.15) is 12.5 Å². The molecule has 0 spiro atoms. The molecule has 1 aromatic rings. The molecular weight excluding hydrogens is 250 g/mol. The standard InChI is InChI=1S/C16H25N3O/c1-3-17(2)16(20)14-19-11-9-18(10-12-19)13-15-7-5-4-6-8-15/h4-8H,3,9-14H2,1-2H3. The molecule has 20 heavy (non-hydrogen) atoms. The Morgan fingerprint density at radius 2 is 1.70 bits per heavy atom. The monoisotopic (exact) mass is 275 g/mol. The minimum atomic E-state index is 0.226. The highest BCUT2D eigenvalue weighted by atomic mass is 16.2. The third-order valence-corrected chi connectivity index (χ3v) is 3.97. The van der Waals surface area contributed by atoms with Crippen molar-refractivity contribution in [2.24, 2.45) is 0 Å². The van der Waals surface area contributed by atoms with Gasteiger partial charge in [0.25, 0.3) is 0 Å².